The topological polar surface area (TPSA) is 55.3 Å². The Labute approximate surface area is 105 Å². The maximum absolute atomic E-state index is 11.5. The van der Waals surface area contributed by atoms with Crippen molar-refractivity contribution in [1.29, 1.82) is 0 Å². The van der Waals surface area contributed by atoms with E-state index in [9.17, 15) is 4.79 Å². The van der Waals surface area contributed by atoms with Crippen LogP contribution in [0.2, 0.25) is 5.15 Å². The van der Waals surface area contributed by atoms with Gasteiger partial charge < -0.3 is 9.64 Å². The molecular formula is C11H14ClN3O2. The fraction of sp³-hybridized carbons (Fsp3) is 0.545. The molecule has 6 heteroatoms. The number of carbonyl (C=O) groups is 1. The average Bonchev–Trinajstić information content (AvgIpc) is 2.39. The van der Waals surface area contributed by atoms with Gasteiger partial charge in [0.25, 0.3) is 0 Å². The van der Waals surface area contributed by atoms with E-state index < -0.39 is 0 Å². The molecule has 1 aromatic rings. The smallest absolute Gasteiger partial charge is 0.310 e. The molecule has 0 spiro atoms. The molecule has 1 saturated heterocycles. The van der Waals surface area contributed by atoms with E-state index in [-0.39, 0.29) is 11.9 Å². The molecule has 1 aliphatic heterocycles. The van der Waals surface area contributed by atoms with Crippen molar-refractivity contribution < 1.29 is 9.53 Å². The predicted molar refractivity (Wildman–Crippen MR) is 64.0 cm³/mol. The molecule has 0 saturated carbocycles. The van der Waals surface area contributed by atoms with Crippen molar-refractivity contribution in [3.05, 3.63) is 17.3 Å². The molecule has 5 nitrogen and oxygen atoms in total. The number of aromatic nitrogens is 2. The van der Waals surface area contributed by atoms with Gasteiger partial charge in [0, 0.05) is 13.1 Å². The maximum atomic E-state index is 11.5. The largest absolute Gasteiger partial charge is 0.469 e. The van der Waals surface area contributed by atoms with Gasteiger partial charge in [-0.15, -0.1) is 10.2 Å². The van der Waals surface area contributed by atoms with Crippen molar-refractivity contribution in [2.24, 2.45) is 5.92 Å². The Bertz CT molecular complexity index is 396. The summed E-state index contributed by atoms with van der Waals surface area (Å²) in [5.74, 6) is 0.519. The SMILES string of the molecule is COC(=O)[C@H]1CCCN(c2ccc(Cl)nn2)C1. The minimum atomic E-state index is -0.156. The van der Waals surface area contributed by atoms with Crippen LogP contribution in [0.15, 0.2) is 12.1 Å². The van der Waals surface area contributed by atoms with E-state index in [1.165, 1.54) is 7.11 Å². The highest BCUT2D eigenvalue weighted by molar-refractivity contribution is 6.29. The number of carbonyl (C=O) groups excluding carboxylic acids is 1. The number of piperidine rings is 1. The van der Waals surface area contributed by atoms with Crippen LogP contribution in [0.5, 0.6) is 0 Å². The molecule has 0 aliphatic carbocycles. The highest BCUT2D eigenvalue weighted by Gasteiger charge is 2.27. The van der Waals surface area contributed by atoms with Gasteiger partial charge in [0.05, 0.1) is 13.0 Å². The summed E-state index contributed by atoms with van der Waals surface area (Å²) < 4.78 is 4.77. The number of rotatable bonds is 2. The van der Waals surface area contributed by atoms with E-state index in [2.05, 4.69) is 10.2 Å². The summed E-state index contributed by atoms with van der Waals surface area (Å²) in [5.41, 5.74) is 0. The lowest BCUT2D eigenvalue weighted by Gasteiger charge is -2.31. The fourth-order valence-corrected chi connectivity index (χ4v) is 2.12. The van der Waals surface area contributed by atoms with Crippen LogP contribution in [-0.2, 0) is 9.53 Å². The summed E-state index contributed by atoms with van der Waals surface area (Å²) in [5, 5.41) is 8.19. The Morgan fingerprint density at radius 1 is 1.53 bits per heavy atom. The molecule has 0 N–H and O–H groups in total. The third-order valence-corrected chi connectivity index (χ3v) is 3.10. The lowest BCUT2D eigenvalue weighted by Crippen LogP contribution is -2.39. The molecule has 17 heavy (non-hydrogen) atoms. The summed E-state index contributed by atoms with van der Waals surface area (Å²) in [7, 11) is 1.42. The normalized spacial score (nSPS) is 20.1. The summed E-state index contributed by atoms with van der Waals surface area (Å²) >= 11 is 5.69. The van der Waals surface area contributed by atoms with Crippen LogP contribution in [-0.4, -0.2) is 36.4 Å². The first-order chi connectivity index (χ1) is 8.20. The van der Waals surface area contributed by atoms with Crippen molar-refractivity contribution in [3.8, 4) is 0 Å². The Morgan fingerprint density at radius 2 is 2.35 bits per heavy atom. The van der Waals surface area contributed by atoms with Gasteiger partial charge in [-0.25, -0.2) is 0 Å². The number of hydrogen-bond acceptors (Lipinski definition) is 5. The molecule has 0 aromatic carbocycles. The fourth-order valence-electron chi connectivity index (χ4n) is 2.02. The van der Waals surface area contributed by atoms with Gasteiger partial charge in [0.15, 0.2) is 11.0 Å². The van der Waals surface area contributed by atoms with E-state index >= 15 is 0 Å². The van der Waals surface area contributed by atoms with E-state index in [0.717, 1.165) is 25.2 Å². The molecule has 0 amide bonds. The summed E-state index contributed by atoms with van der Waals surface area (Å²) in [4.78, 5) is 13.5. The number of methoxy groups -OCH3 is 1. The van der Waals surface area contributed by atoms with Gasteiger partial charge in [-0.2, -0.15) is 0 Å². The van der Waals surface area contributed by atoms with Crippen LogP contribution in [0.1, 0.15) is 12.8 Å². The van der Waals surface area contributed by atoms with Gasteiger partial charge in [0.1, 0.15) is 0 Å². The van der Waals surface area contributed by atoms with Crippen molar-refractivity contribution in [2.45, 2.75) is 12.8 Å². The van der Waals surface area contributed by atoms with E-state index in [0.29, 0.717) is 11.7 Å². The molecule has 0 bridgehead atoms. The minimum absolute atomic E-state index is 0.0776. The number of ether oxygens (including phenoxy) is 1. The van der Waals surface area contributed by atoms with Gasteiger partial charge in [-0.1, -0.05) is 11.6 Å². The van der Waals surface area contributed by atoms with Crippen LogP contribution in [0, 0.1) is 5.92 Å². The Hall–Kier alpha value is -1.36. The standard InChI is InChI=1S/C11H14ClN3O2/c1-17-11(16)8-3-2-6-15(7-8)10-5-4-9(12)13-14-10/h4-5,8H,2-3,6-7H2,1H3/t8-/m0/s1. The first-order valence-corrected chi connectivity index (χ1v) is 5.90. The quantitative estimate of drug-likeness (QED) is 0.750. The second kappa shape index (κ2) is 5.31. The van der Waals surface area contributed by atoms with Crippen LogP contribution in [0.4, 0.5) is 5.82 Å². The molecule has 1 fully saturated rings. The summed E-state index contributed by atoms with van der Waals surface area (Å²) in [6.45, 7) is 1.51. The number of hydrogen-bond donors (Lipinski definition) is 0. The zero-order valence-electron chi connectivity index (χ0n) is 9.60. The van der Waals surface area contributed by atoms with Gasteiger partial charge in [-0.05, 0) is 25.0 Å². The van der Waals surface area contributed by atoms with E-state index in [1.54, 1.807) is 6.07 Å². The molecule has 0 radical (unpaired) electrons. The van der Waals surface area contributed by atoms with E-state index in [4.69, 9.17) is 16.3 Å². The molecule has 0 unspecified atom stereocenters. The van der Waals surface area contributed by atoms with Crippen molar-refractivity contribution >= 4 is 23.4 Å². The zero-order chi connectivity index (χ0) is 12.3. The first-order valence-electron chi connectivity index (χ1n) is 5.52. The van der Waals surface area contributed by atoms with Crippen LogP contribution in [0.25, 0.3) is 0 Å². The van der Waals surface area contributed by atoms with Crippen LogP contribution in [0.3, 0.4) is 0 Å². The average molecular weight is 256 g/mol. The van der Waals surface area contributed by atoms with E-state index in [1.807, 2.05) is 11.0 Å². The number of esters is 1. The molecule has 1 aliphatic rings. The van der Waals surface area contributed by atoms with Crippen LogP contribution < -0.4 is 4.90 Å². The van der Waals surface area contributed by atoms with Crippen LogP contribution >= 0.6 is 11.6 Å². The number of halogens is 1. The molecular weight excluding hydrogens is 242 g/mol. The minimum Gasteiger partial charge on any atom is -0.469 e. The molecule has 1 atom stereocenters. The molecule has 2 heterocycles. The lowest BCUT2D eigenvalue weighted by atomic mass is 9.98. The van der Waals surface area contributed by atoms with Crippen molar-refractivity contribution in [3.63, 3.8) is 0 Å². The zero-order valence-corrected chi connectivity index (χ0v) is 10.4. The molecule has 2 rings (SSSR count). The number of anilines is 1. The Morgan fingerprint density at radius 3 is 3.00 bits per heavy atom. The van der Waals surface area contributed by atoms with Gasteiger partial charge >= 0.3 is 5.97 Å². The Balaban J connectivity index is 2.06. The second-order valence-corrected chi connectivity index (χ2v) is 4.41. The summed E-state index contributed by atoms with van der Waals surface area (Å²) in [6.07, 6.45) is 1.81. The first kappa shape index (κ1) is 12.1. The third kappa shape index (κ3) is 2.85. The monoisotopic (exact) mass is 255 g/mol. The lowest BCUT2D eigenvalue weighted by molar-refractivity contribution is -0.145. The third-order valence-electron chi connectivity index (χ3n) is 2.90. The molecule has 92 valence electrons. The maximum Gasteiger partial charge on any atom is 0.310 e. The Kier molecular flexibility index (Phi) is 3.78. The second-order valence-electron chi connectivity index (χ2n) is 4.02. The number of nitrogens with zero attached hydrogens (tertiary/aromatic N) is 3. The van der Waals surface area contributed by atoms with Crippen molar-refractivity contribution in [2.75, 3.05) is 25.1 Å². The summed E-state index contributed by atoms with van der Waals surface area (Å²) in [6, 6.07) is 3.51. The van der Waals surface area contributed by atoms with Gasteiger partial charge in [-0.3, -0.25) is 4.79 Å². The highest BCUT2D eigenvalue weighted by Crippen LogP contribution is 2.22. The molecule has 1 aromatic heterocycles. The van der Waals surface area contributed by atoms with Crippen molar-refractivity contribution in [1.82, 2.24) is 10.2 Å². The van der Waals surface area contributed by atoms with Gasteiger partial charge in [0.2, 0.25) is 0 Å². The highest BCUT2D eigenvalue weighted by atomic mass is 35.5. The predicted octanol–water partition coefficient (Wildman–Crippen LogP) is 1.52.